The highest BCUT2D eigenvalue weighted by atomic mass is 32.2. The molecular weight excluding hydrogens is 453 g/mol. The van der Waals surface area contributed by atoms with E-state index in [1.54, 1.807) is 11.4 Å². The third kappa shape index (κ3) is 4.43. The van der Waals surface area contributed by atoms with Crippen molar-refractivity contribution in [1.82, 2.24) is 13.7 Å². The van der Waals surface area contributed by atoms with Crippen LogP contribution in [0, 0.1) is 5.82 Å². The fraction of sp³-hybridized carbons (Fsp3) is 0.269. The molecule has 8 heteroatoms. The Morgan fingerprint density at radius 3 is 2.71 bits per heavy atom. The van der Waals surface area contributed by atoms with Crippen molar-refractivity contribution in [2.45, 2.75) is 24.5 Å². The van der Waals surface area contributed by atoms with Crippen molar-refractivity contribution < 1.29 is 17.5 Å². The third-order valence-corrected chi connectivity index (χ3v) is 8.14. The summed E-state index contributed by atoms with van der Waals surface area (Å²) in [6, 6.07) is 19.4. The van der Waals surface area contributed by atoms with Crippen LogP contribution in [-0.4, -0.2) is 42.3 Å². The summed E-state index contributed by atoms with van der Waals surface area (Å²) in [5.74, 6) is 1.06. The van der Waals surface area contributed by atoms with Crippen LogP contribution in [0.15, 0.2) is 72.9 Å². The molecule has 0 amide bonds. The van der Waals surface area contributed by atoms with Crippen LogP contribution in [0.25, 0.3) is 16.8 Å². The van der Waals surface area contributed by atoms with Crippen molar-refractivity contribution in [1.29, 1.82) is 0 Å². The SMILES string of the molecule is COc1cccc(-c2nc([C@H]3CCCN(S(=O)(=O)Cc4ccc(F)cc4)C3)n3ccccc23)c1. The molecule has 2 aromatic heterocycles. The van der Waals surface area contributed by atoms with Gasteiger partial charge in [-0.25, -0.2) is 22.1 Å². The standard InChI is InChI=1S/C26H26FN3O3S/c1-33-23-8-4-6-20(16-23)25-24-9-2-3-15-30(24)26(28-25)21-7-5-14-29(17-21)34(31,32)18-19-10-12-22(27)13-11-19/h2-4,6,8-13,15-16,21H,5,7,14,17-18H2,1H3/t21-/m0/s1. The van der Waals surface area contributed by atoms with Crippen molar-refractivity contribution in [3.63, 3.8) is 0 Å². The molecule has 0 aliphatic carbocycles. The molecule has 0 N–H and O–H groups in total. The Morgan fingerprint density at radius 1 is 1.09 bits per heavy atom. The second-order valence-corrected chi connectivity index (χ2v) is 10.6. The average Bonchev–Trinajstić information content (AvgIpc) is 3.25. The van der Waals surface area contributed by atoms with Crippen LogP contribution in [0.1, 0.15) is 30.1 Å². The highest BCUT2D eigenvalue weighted by Crippen LogP contribution is 2.34. The molecule has 2 aromatic carbocycles. The molecule has 4 aromatic rings. The highest BCUT2D eigenvalue weighted by molar-refractivity contribution is 7.88. The van der Waals surface area contributed by atoms with E-state index < -0.39 is 10.0 Å². The Labute approximate surface area is 198 Å². The minimum atomic E-state index is -3.54. The van der Waals surface area contributed by atoms with Gasteiger partial charge >= 0.3 is 0 Å². The fourth-order valence-corrected chi connectivity index (χ4v) is 6.23. The molecule has 0 spiro atoms. The van der Waals surface area contributed by atoms with Gasteiger partial charge in [0.1, 0.15) is 17.4 Å². The summed E-state index contributed by atoms with van der Waals surface area (Å²) in [4.78, 5) is 5.01. The number of piperidine rings is 1. The number of hydrogen-bond donors (Lipinski definition) is 0. The maximum Gasteiger partial charge on any atom is 0.218 e. The van der Waals surface area contributed by atoms with Gasteiger partial charge < -0.3 is 9.14 Å². The Balaban J connectivity index is 1.46. The van der Waals surface area contributed by atoms with E-state index in [1.165, 1.54) is 24.3 Å². The normalized spacial score (nSPS) is 17.2. The minimum absolute atomic E-state index is 0.0361. The van der Waals surface area contributed by atoms with Crippen LogP contribution < -0.4 is 4.74 Å². The van der Waals surface area contributed by atoms with Gasteiger partial charge in [0.25, 0.3) is 0 Å². The lowest BCUT2D eigenvalue weighted by Crippen LogP contribution is -2.40. The van der Waals surface area contributed by atoms with Crippen molar-refractivity contribution in [2.24, 2.45) is 0 Å². The zero-order chi connectivity index (χ0) is 23.7. The van der Waals surface area contributed by atoms with Gasteiger partial charge in [0.05, 0.1) is 24.1 Å². The number of halogens is 1. The van der Waals surface area contributed by atoms with Gasteiger partial charge in [0.15, 0.2) is 0 Å². The number of imidazole rings is 1. The summed E-state index contributed by atoms with van der Waals surface area (Å²) in [6.45, 7) is 0.848. The van der Waals surface area contributed by atoms with Crippen molar-refractivity contribution in [3.8, 4) is 17.0 Å². The van der Waals surface area contributed by atoms with Crippen LogP contribution in [0.4, 0.5) is 4.39 Å². The Morgan fingerprint density at radius 2 is 1.91 bits per heavy atom. The number of pyridine rings is 1. The zero-order valence-corrected chi connectivity index (χ0v) is 19.7. The van der Waals surface area contributed by atoms with Gasteiger partial charge in [-0.2, -0.15) is 0 Å². The van der Waals surface area contributed by atoms with E-state index in [9.17, 15) is 12.8 Å². The number of methoxy groups -OCH3 is 1. The van der Waals surface area contributed by atoms with Crippen LogP contribution in [0.5, 0.6) is 5.75 Å². The number of nitrogens with zero attached hydrogens (tertiary/aromatic N) is 3. The Hall–Kier alpha value is -3.23. The summed E-state index contributed by atoms with van der Waals surface area (Å²) in [7, 11) is -1.90. The van der Waals surface area contributed by atoms with E-state index in [0.29, 0.717) is 18.7 Å². The molecule has 1 aliphatic heterocycles. The molecule has 5 rings (SSSR count). The van der Waals surface area contributed by atoms with E-state index in [-0.39, 0.29) is 17.5 Å². The van der Waals surface area contributed by atoms with Crippen LogP contribution in [-0.2, 0) is 15.8 Å². The molecule has 6 nitrogen and oxygen atoms in total. The molecule has 0 saturated carbocycles. The Bertz CT molecular complexity index is 1420. The molecule has 1 saturated heterocycles. The van der Waals surface area contributed by atoms with E-state index in [2.05, 4.69) is 4.40 Å². The van der Waals surface area contributed by atoms with Gasteiger partial charge in [-0.3, -0.25) is 0 Å². The van der Waals surface area contributed by atoms with Crippen molar-refractivity contribution >= 4 is 15.5 Å². The summed E-state index contributed by atoms with van der Waals surface area (Å²) in [5, 5.41) is 0. The fourth-order valence-electron chi connectivity index (χ4n) is 4.62. The average molecular weight is 480 g/mol. The molecule has 1 aliphatic rings. The summed E-state index contributed by atoms with van der Waals surface area (Å²) >= 11 is 0. The summed E-state index contributed by atoms with van der Waals surface area (Å²) in [6.07, 6.45) is 3.59. The molecule has 1 fully saturated rings. The third-order valence-electron chi connectivity index (χ3n) is 6.32. The number of ether oxygens (including phenoxy) is 1. The first-order chi connectivity index (χ1) is 16.4. The number of hydrogen-bond acceptors (Lipinski definition) is 4. The van der Waals surface area contributed by atoms with Gasteiger partial charge in [0, 0.05) is 30.8 Å². The lowest BCUT2D eigenvalue weighted by molar-refractivity contribution is 0.308. The molecule has 0 bridgehead atoms. The molecule has 0 radical (unpaired) electrons. The molecule has 0 unspecified atom stereocenters. The largest absolute Gasteiger partial charge is 0.497 e. The Kier molecular flexibility index (Phi) is 6.10. The highest BCUT2D eigenvalue weighted by Gasteiger charge is 2.32. The summed E-state index contributed by atoms with van der Waals surface area (Å²) < 4.78 is 48.6. The minimum Gasteiger partial charge on any atom is -0.497 e. The van der Waals surface area contributed by atoms with Gasteiger partial charge in [-0.05, 0) is 54.8 Å². The lowest BCUT2D eigenvalue weighted by Gasteiger charge is -2.31. The van der Waals surface area contributed by atoms with Crippen LogP contribution in [0.3, 0.4) is 0 Å². The van der Waals surface area contributed by atoms with Crippen molar-refractivity contribution in [2.75, 3.05) is 20.2 Å². The molecule has 34 heavy (non-hydrogen) atoms. The van der Waals surface area contributed by atoms with E-state index in [1.807, 2.05) is 48.7 Å². The number of benzene rings is 2. The van der Waals surface area contributed by atoms with Gasteiger partial charge in [-0.1, -0.05) is 30.3 Å². The van der Waals surface area contributed by atoms with Crippen molar-refractivity contribution in [3.05, 3.63) is 90.1 Å². The number of rotatable bonds is 6. The second kappa shape index (κ2) is 9.19. The topological polar surface area (TPSA) is 63.9 Å². The quantitative estimate of drug-likeness (QED) is 0.396. The monoisotopic (exact) mass is 479 g/mol. The lowest BCUT2D eigenvalue weighted by atomic mass is 9.99. The first kappa shape index (κ1) is 22.6. The maximum absolute atomic E-state index is 13.2. The van der Waals surface area contributed by atoms with E-state index in [0.717, 1.165) is 41.2 Å². The second-order valence-electron chi connectivity index (χ2n) is 8.59. The molecule has 3 heterocycles. The smallest absolute Gasteiger partial charge is 0.218 e. The number of fused-ring (bicyclic) bond motifs is 1. The zero-order valence-electron chi connectivity index (χ0n) is 18.9. The van der Waals surface area contributed by atoms with Crippen LogP contribution in [0.2, 0.25) is 0 Å². The number of aromatic nitrogens is 2. The predicted octanol–water partition coefficient (Wildman–Crippen LogP) is 4.86. The molecule has 1 atom stereocenters. The van der Waals surface area contributed by atoms with Crippen LogP contribution >= 0.6 is 0 Å². The van der Waals surface area contributed by atoms with E-state index >= 15 is 0 Å². The first-order valence-corrected chi connectivity index (χ1v) is 12.9. The van der Waals surface area contributed by atoms with Gasteiger partial charge in [-0.15, -0.1) is 0 Å². The van der Waals surface area contributed by atoms with E-state index in [4.69, 9.17) is 9.72 Å². The first-order valence-electron chi connectivity index (χ1n) is 11.3. The van der Waals surface area contributed by atoms with Gasteiger partial charge in [0.2, 0.25) is 10.0 Å². The maximum atomic E-state index is 13.2. The summed E-state index contributed by atoms with van der Waals surface area (Å²) in [5.41, 5.74) is 3.35. The number of sulfonamides is 1. The molecule has 176 valence electrons. The predicted molar refractivity (Wildman–Crippen MR) is 130 cm³/mol. The molecular formula is C26H26FN3O3S.